The van der Waals surface area contributed by atoms with Gasteiger partial charge in [-0.25, -0.2) is 0 Å². The van der Waals surface area contributed by atoms with Crippen LogP contribution in [0.15, 0.2) is 30.9 Å². The van der Waals surface area contributed by atoms with E-state index in [2.05, 4.69) is 22.6 Å². The third-order valence-corrected chi connectivity index (χ3v) is 2.55. The molecule has 0 heterocycles. The normalized spacial score (nSPS) is 9.75. The van der Waals surface area contributed by atoms with Gasteiger partial charge in [0.1, 0.15) is 0 Å². The van der Waals surface area contributed by atoms with Gasteiger partial charge in [-0.05, 0) is 0 Å². The molecule has 1 aromatic carbocycles. The average molecular weight is 226 g/mol. The zero-order valence-corrected chi connectivity index (χ0v) is 8.50. The van der Waals surface area contributed by atoms with Crippen molar-refractivity contribution in [2.75, 3.05) is 0 Å². The maximum atomic E-state index is 9.07. The summed E-state index contributed by atoms with van der Waals surface area (Å²) in [5.74, 6) is 0. The third-order valence-electron chi connectivity index (χ3n) is 1.75. The molecular formula is C10H11OSe. The second-order valence-electron chi connectivity index (χ2n) is 2.54. The first-order valence-electron chi connectivity index (χ1n) is 3.79. The summed E-state index contributed by atoms with van der Waals surface area (Å²) in [6, 6.07) is 5.94. The first-order chi connectivity index (χ1) is 5.79. The molecule has 0 aromatic heterocycles. The number of hydrogen-bond acceptors (Lipinski definition) is 1. The Bertz CT molecular complexity index is 281. The Kier molecular flexibility index (Phi) is 3.54. The van der Waals surface area contributed by atoms with E-state index >= 15 is 0 Å². The van der Waals surface area contributed by atoms with Gasteiger partial charge in [-0.1, -0.05) is 0 Å². The van der Waals surface area contributed by atoms with Crippen molar-refractivity contribution in [3.63, 3.8) is 0 Å². The summed E-state index contributed by atoms with van der Waals surface area (Å²) in [5, 5.41) is 9.07. The van der Waals surface area contributed by atoms with E-state index in [1.54, 1.807) is 0 Å². The fourth-order valence-corrected chi connectivity index (χ4v) is 1.71. The summed E-state index contributed by atoms with van der Waals surface area (Å²) in [7, 11) is 0. The molecule has 1 radical (unpaired) electrons. The Morgan fingerprint density at radius 3 is 2.83 bits per heavy atom. The minimum atomic E-state index is 0.0896. The van der Waals surface area contributed by atoms with Crippen LogP contribution in [0.1, 0.15) is 11.1 Å². The summed E-state index contributed by atoms with van der Waals surface area (Å²) in [6.45, 7) is 3.76. The molecule has 0 fully saturated rings. The summed E-state index contributed by atoms with van der Waals surface area (Å²) in [6.07, 6.45) is 2.65. The first-order valence-corrected chi connectivity index (χ1v) is 4.64. The quantitative estimate of drug-likeness (QED) is 0.594. The Balaban J connectivity index is 3.08. The van der Waals surface area contributed by atoms with Gasteiger partial charge in [0.15, 0.2) is 0 Å². The molecule has 1 rings (SSSR count). The van der Waals surface area contributed by atoms with Crippen molar-refractivity contribution in [3.8, 4) is 0 Å². The number of benzene rings is 1. The molecule has 1 N–H and O–H groups in total. The Hall–Kier alpha value is -0.561. The van der Waals surface area contributed by atoms with E-state index in [9.17, 15) is 0 Å². The molecule has 0 aliphatic carbocycles. The first kappa shape index (κ1) is 9.53. The SMILES string of the molecule is C=CCc1cccc([Se])c1CO. The molecule has 2 heteroatoms. The minimum absolute atomic E-state index is 0.0896. The van der Waals surface area contributed by atoms with Crippen LogP contribution in [0.25, 0.3) is 0 Å². The second-order valence-corrected chi connectivity index (χ2v) is 3.47. The summed E-state index contributed by atoms with van der Waals surface area (Å²) < 4.78 is 1.02. The average Bonchev–Trinajstić information content (AvgIpc) is 2.05. The molecule has 0 atom stereocenters. The topological polar surface area (TPSA) is 20.2 Å². The van der Waals surface area contributed by atoms with E-state index in [4.69, 9.17) is 5.11 Å². The van der Waals surface area contributed by atoms with Crippen molar-refractivity contribution < 1.29 is 5.11 Å². The number of hydrogen-bond donors (Lipinski definition) is 1. The second kappa shape index (κ2) is 4.46. The molecular weight excluding hydrogens is 215 g/mol. The molecule has 0 aliphatic rings. The summed E-state index contributed by atoms with van der Waals surface area (Å²) in [5.41, 5.74) is 2.13. The fourth-order valence-electron chi connectivity index (χ4n) is 1.14. The molecule has 12 heavy (non-hydrogen) atoms. The molecule has 0 saturated carbocycles. The molecule has 0 spiro atoms. The standard InChI is InChI=1S/C10H11OSe/c1-2-4-8-5-3-6-10(12)9(8)7-11/h2-3,5-6,11H,1,4,7H2. The maximum absolute atomic E-state index is 9.07. The van der Waals surface area contributed by atoms with Crippen molar-refractivity contribution in [2.45, 2.75) is 13.0 Å². The van der Waals surface area contributed by atoms with Crippen LogP contribution in [0.5, 0.6) is 0 Å². The van der Waals surface area contributed by atoms with Gasteiger partial charge in [-0.3, -0.25) is 0 Å². The summed E-state index contributed by atoms with van der Waals surface area (Å²) in [4.78, 5) is 0. The van der Waals surface area contributed by atoms with Crippen LogP contribution in [0.2, 0.25) is 0 Å². The molecule has 0 aliphatic heterocycles. The Labute approximate surface area is 80.9 Å². The van der Waals surface area contributed by atoms with Gasteiger partial charge >= 0.3 is 80.6 Å². The van der Waals surface area contributed by atoms with Crippen LogP contribution in [0, 0.1) is 0 Å². The van der Waals surface area contributed by atoms with Crippen LogP contribution in [-0.4, -0.2) is 21.1 Å². The van der Waals surface area contributed by atoms with Gasteiger partial charge < -0.3 is 0 Å². The van der Waals surface area contributed by atoms with Gasteiger partial charge in [-0.15, -0.1) is 0 Å². The third kappa shape index (κ3) is 1.98. The zero-order valence-electron chi connectivity index (χ0n) is 6.79. The Morgan fingerprint density at radius 1 is 1.50 bits per heavy atom. The molecule has 0 bridgehead atoms. The van der Waals surface area contributed by atoms with Gasteiger partial charge in [0, 0.05) is 0 Å². The molecule has 0 unspecified atom stereocenters. The van der Waals surface area contributed by atoms with Crippen molar-refractivity contribution >= 4 is 20.5 Å². The molecule has 1 nitrogen and oxygen atoms in total. The fraction of sp³-hybridized carbons (Fsp3) is 0.200. The number of aliphatic hydroxyl groups excluding tert-OH is 1. The predicted octanol–water partition coefficient (Wildman–Crippen LogP) is 0.701. The van der Waals surface area contributed by atoms with Crippen LogP contribution >= 0.6 is 0 Å². The van der Waals surface area contributed by atoms with Crippen molar-refractivity contribution in [2.24, 2.45) is 0 Å². The molecule has 63 valence electrons. The monoisotopic (exact) mass is 227 g/mol. The Morgan fingerprint density at radius 2 is 2.25 bits per heavy atom. The van der Waals surface area contributed by atoms with Crippen LogP contribution in [-0.2, 0) is 13.0 Å². The van der Waals surface area contributed by atoms with E-state index in [0.717, 1.165) is 22.0 Å². The summed E-state index contributed by atoms with van der Waals surface area (Å²) >= 11 is 2.93. The predicted molar refractivity (Wildman–Crippen MR) is 51.7 cm³/mol. The van der Waals surface area contributed by atoms with Gasteiger partial charge in [0.25, 0.3) is 0 Å². The van der Waals surface area contributed by atoms with Crippen molar-refractivity contribution in [3.05, 3.63) is 42.0 Å². The number of allylic oxidation sites excluding steroid dienone is 1. The van der Waals surface area contributed by atoms with E-state index in [1.165, 1.54) is 0 Å². The van der Waals surface area contributed by atoms with Gasteiger partial charge in [-0.2, -0.15) is 0 Å². The van der Waals surface area contributed by atoms with E-state index in [-0.39, 0.29) is 6.61 Å². The van der Waals surface area contributed by atoms with Crippen LogP contribution in [0.4, 0.5) is 0 Å². The molecule has 0 saturated heterocycles. The van der Waals surface area contributed by atoms with E-state index in [0.29, 0.717) is 0 Å². The van der Waals surface area contributed by atoms with Crippen LogP contribution in [0.3, 0.4) is 0 Å². The number of rotatable bonds is 3. The van der Waals surface area contributed by atoms with Crippen molar-refractivity contribution in [1.82, 2.24) is 0 Å². The van der Waals surface area contributed by atoms with Crippen LogP contribution < -0.4 is 4.46 Å². The molecule has 0 amide bonds. The van der Waals surface area contributed by atoms with E-state index in [1.807, 2.05) is 24.3 Å². The van der Waals surface area contributed by atoms with Crippen molar-refractivity contribution in [1.29, 1.82) is 0 Å². The van der Waals surface area contributed by atoms with Gasteiger partial charge in [0.2, 0.25) is 0 Å². The molecule has 1 aromatic rings. The van der Waals surface area contributed by atoms with E-state index < -0.39 is 0 Å². The van der Waals surface area contributed by atoms with Gasteiger partial charge in [0.05, 0.1) is 0 Å². The zero-order chi connectivity index (χ0) is 8.97. The number of aliphatic hydroxyl groups is 1.